The Bertz CT molecular complexity index is 966. The van der Waals surface area contributed by atoms with Crippen molar-refractivity contribution in [1.82, 2.24) is 10.6 Å². The van der Waals surface area contributed by atoms with Crippen molar-refractivity contribution in [2.45, 2.75) is 64.6 Å². The van der Waals surface area contributed by atoms with Crippen LogP contribution < -0.4 is 16.4 Å². The van der Waals surface area contributed by atoms with Gasteiger partial charge in [0.25, 0.3) is 0 Å². The average Bonchev–Trinajstić information content (AvgIpc) is 2.81. The summed E-state index contributed by atoms with van der Waals surface area (Å²) in [6.07, 6.45) is 2.08. The third-order valence-corrected chi connectivity index (χ3v) is 5.23. The molecule has 0 saturated carbocycles. The summed E-state index contributed by atoms with van der Waals surface area (Å²) in [6.45, 7) is 6.20. The van der Waals surface area contributed by atoms with Gasteiger partial charge in [0.1, 0.15) is 11.6 Å². The van der Waals surface area contributed by atoms with Crippen LogP contribution in [0, 0.1) is 0 Å². The van der Waals surface area contributed by atoms with Crippen molar-refractivity contribution in [3.8, 4) is 0 Å². The Morgan fingerprint density at radius 2 is 1.49 bits per heavy atom. The van der Waals surface area contributed by atoms with Crippen molar-refractivity contribution in [2.24, 2.45) is 5.73 Å². The third kappa shape index (κ3) is 10.2. The first-order valence-corrected chi connectivity index (χ1v) is 11.8. The molecule has 4 N–H and O–H groups in total. The lowest BCUT2D eigenvalue weighted by Crippen LogP contribution is -2.48. The Kier molecular flexibility index (Phi) is 10.7. The standard InChI is InChI=1S/C27H37N3O5/c1-27(2,3)35-26(33)30-23(7-5-6-16-28)24(31)29-18-21-10-8-19(9-11-21)17-20-12-14-22(15-13-20)25(32)34-4/h8-15,23H,5-7,16-18,28H2,1-4H3,(H,29,31)(H,30,33)/t23-/m0/s1. The van der Waals surface area contributed by atoms with Crippen molar-refractivity contribution in [2.75, 3.05) is 13.7 Å². The number of amides is 2. The summed E-state index contributed by atoms with van der Waals surface area (Å²) in [5.41, 5.74) is 8.57. The molecule has 0 aliphatic carbocycles. The van der Waals surface area contributed by atoms with Crippen molar-refractivity contribution < 1.29 is 23.9 Å². The van der Waals surface area contributed by atoms with Gasteiger partial charge >= 0.3 is 12.1 Å². The van der Waals surface area contributed by atoms with Crippen LogP contribution in [0.2, 0.25) is 0 Å². The van der Waals surface area contributed by atoms with E-state index in [4.69, 9.17) is 15.2 Å². The zero-order chi connectivity index (χ0) is 25.8. The van der Waals surface area contributed by atoms with Crippen LogP contribution in [0.25, 0.3) is 0 Å². The second-order valence-corrected chi connectivity index (χ2v) is 9.38. The van der Waals surface area contributed by atoms with Crippen molar-refractivity contribution >= 4 is 18.0 Å². The molecule has 1 atom stereocenters. The maximum atomic E-state index is 12.8. The number of hydrogen-bond acceptors (Lipinski definition) is 6. The normalized spacial score (nSPS) is 11.9. The van der Waals surface area contributed by atoms with Gasteiger partial charge in [0, 0.05) is 6.54 Å². The first-order valence-electron chi connectivity index (χ1n) is 11.8. The van der Waals surface area contributed by atoms with E-state index in [0.29, 0.717) is 25.1 Å². The zero-order valence-corrected chi connectivity index (χ0v) is 21.1. The predicted molar refractivity (Wildman–Crippen MR) is 135 cm³/mol. The lowest BCUT2D eigenvalue weighted by Gasteiger charge is -2.23. The highest BCUT2D eigenvalue weighted by Gasteiger charge is 2.24. The average molecular weight is 484 g/mol. The van der Waals surface area contributed by atoms with E-state index in [1.807, 2.05) is 36.4 Å². The molecule has 0 aliphatic rings. The summed E-state index contributed by atoms with van der Waals surface area (Å²) in [4.78, 5) is 36.5. The van der Waals surface area contributed by atoms with Crippen LogP contribution in [-0.2, 0) is 27.2 Å². The lowest BCUT2D eigenvalue weighted by molar-refractivity contribution is -0.123. The van der Waals surface area contributed by atoms with Gasteiger partial charge in [0.15, 0.2) is 0 Å². The van der Waals surface area contributed by atoms with E-state index < -0.39 is 17.7 Å². The number of esters is 1. The molecule has 2 aromatic carbocycles. The Morgan fingerprint density at radius 1 is 0.914 bits per heavy atom. The van der Waals surface area contributed by atoms with E-state index in [9.17, 15) is 14.4 Å². The van der Waals surface area contributed by atoms with Crippen LogP contribution in [0.4, 0.5) is 4.79 Å². The molecule has 0 fully saturated rings. The molecule has 2 amide bonds. The first kappa shape index (κ1) is 27.9. The molecule has 2 rings (SSSR count). The van der Waals surface area contributed by atoms with E-state index in [1.165, 1.54) is 7.11 Å². The van der Waals surface area contributed by atoms with E-state index >= 15 is 0 Å². The summed E-state index contributed by atoms with van der Waals surface area (Å²) in [6, 6.07) is 14.6. The van der Waals surface area contributed by atoms with Gasteiger partial charge in [0.05, 0.1) is 12.7 Å². The highest BCUT2D eigenvalue weighted by atomic mass is 16.6. The van der Waals surface area contributed by atoms with E-state index in [0.717, 1.165) is 36.0 Å². The van der Waals surface area contributed by atoms with Gasteiger partial charge in [-0.25, -0.2) is 9.59 Å². The number of rotatable bonds is 11. The number of carbonyl (C=O) groups is 3. The number of nitrogens with two attached hydrogens (primary N) is 1. The molecule has 0 spiro atoms. The predicted octanol–water partition coefficient (Wildman–Crippen LogP) is 3.70. The summed E-state index contributed by atoms with van der Waals surface area (Å²) < 4.78 is 10.0. The number of unbranched alkanes of at least 4 members (excludes halogenated alkanes) is 1. The monoisotopic (exact) mass is 483 g/mol. The Morgan fingerprint density at radius 3 is 2.03 bits per heavy atom. The van der Waals surface area contributed by atoms with Gasteiger partial charge in [-0.15, -0.1) is 0 Å². The number of ether oxygens (including phenoxy) is 2. The summed E-state index contributed by atoms with van der Waals surface area (Å²) in [5.74, 6) is -0.617. The molecule has 0 unspecified atom stereocenters. The van der Waals surface area contributed by atoms with E-state index in [1.54, 1.807) is 32.9 Å². The van der Waals surface area contributed by atoms with Crippen molar-refractivity contribution in [1.29, 1.82) is 0 Å². The van der Waals surface area contributed by atoms with E-state index in [2.05, 4.69) is 10.6 Å². The van der Waals surface area contributed by atoms with E-state index in [-0.39, 0.29) is 11.9 Å². The van der Waals surface area contributed by atoms with Crippen LogP contribution in [0.15, 0.2) is 48.5 Å². The van der Waals surface area contributed by atoms with Crippen LogP contribution in [0.3, 0.4) is 0 Å². The number of benzene rings is 2. The van der Waals surface area contributed by atoms with Gasteiger partial charge in [-0.2, -0.15) is 0 Å². The van der Waals surface area contributed by atoms with Gasteiger partial charge < -0.3 is 25.8 Å². The lowest BCUT2D eigenvalue weighted by atomic mass is 10.0. The number of hydrogen-bond donors (Lipinski definition) is 3. The minimum absolute atomic E-state index is 0.261. The highest BCUT2D eigenvalue weighted by Crippen LogP contribution is 2.13. The molecule has 190 valence electrons. The van der Waals surface area contributed by atoms with Crippen molar-refractivity contribution in [3.05, 3.63) is 70.8 Å². The van der Waals surface area contributed by atoms with Crippen LogP contribution in [0.1, 0.15) is 67.1 Å². The molecule has 2 aromatic rings. The fourth-order valence-corrected chi connectivity index (χ4v) is 3.41. The summed E-state index contributed by atoms with van der Waals surface area (Å²) in [5, 5.41) is 5.58. The molecule has 0 heterocycles. The quantitative estimate of drug-likeness (QED) is 0.331. The molecule has 0 saturated heterocycles. The summed E-state index contributed by atoms with van der Waals surface area (Å²) in [7, 11) is 1.36. The Balaban J connectivity index is 1.92. The molecular weight excluding hydrogens is 446 g/mol. The molecular formula is C27H37N3O5. The highest BCUT2D eigenvalue weighted by molar-refractivity contribution is 5.89. The van der Waals surface area contributed by atoms with Gasteiger partial charge in [-0.05, 0) is 81.8 Å². The molecule has 0 radical (unpaired) electrons. The zero-order valence-electron chi connectivity index (χ0n) is 21.1. The number of nitrogens with one attached hydrogen (secondary N) is 2. The van der Waals surface area contributed by atoms with Crippen LogP contribution in [-0.4, -0.2) is 43.3 Å². The Labute approximate surface area is 207 Å². The van der Waals surface area contributed by atoms with Gasteiger partial charge in [-0.1, -0.05) is 36.4 Å². The fourth-order valence-electron chi connectivity index (χ4n) is 3.41. The topological polar surface area (TPSA) is 120 Å². The molecule has 0 bridgehead atoms. The number of alkyl carbamates (subject to hydrolysis) is 1. The molecule has 8 heteroatoms. The number of methoxy groups -OCH3 is 1. The molecule has 8 nitrogen and oxygen atoms in total. The third-order valence-electron chi connectivity index (χ3n) is 5.23. The van der Waals surface area contributed by atoms with Crippen LogP contribution in [0.5, 0.6) is 0 Å². The largest absolute Gasteiger partial charge is 0.465 e. The Hall–Kier alpha value is -3.39. The van der Waals surface area contributed by atoms with Gasteiger partial charge in [0.2, 0.25) is 5.91 Å². The number of carbonyl (C=O) groups excluding carboxylic acids is 3. The van der Waals surface area contributed by atoms with Crippen molar-refractivity contribution in [3.63, 3.8) is 0 Å². The van der Waals surface area contributed by atoms with Crippen LogP contribution >= 0.6 is 0 Å². The van der Waals surface area contributed by atoms with Gasteiger partial charge in [-0.3, -0.25) is 4.79 Å². The second kappa shape index (κ2) is 13.5. The SMILES string of the molecule is COC(=O)c1ccc(Cc2ccc(CNC(=O)[C@H](CCCCN)NC(=O)OC(C)(C)C)cc2)cc1. The molecule has 35 heavy (non-hydrogen) atoms. The minimum Gasteiger partial charge on any atom is -0.465 e. The second-order valence-electron chi connectivity index (χ2n) is 9.38. The first-order chi connectivity index (χ1) is 16.6. The molecule has 0 aliphatic heterocycles. The fraction of sp³-hybridized carbons (Fsp3) is 0.444. The maximum Gasteiger partial charge on any atom is 0.408 e. The molecule has 0 aromatic heterocycles. The minimum atomic E-state index is -0.691. The smallest absolute Gasteiger partial charge is 0.408 e. The maximum absolute atomic E-state index is 12.8. The summed E-state index contributed by atoms with van der Waals surface area (Å²) >= 11 is 0.